The second kappa shape index (κ2) is 6.69. The van der Waals surface area contributed by atoms with Crippen LogP contribution in [0.4, 0.5) is 5.82 Å². The van der Waals surface area contributed by atoms with E-state index in [1.165, 1.54) is 24.5 Å². The summed E-state index contributed by atoms with van der Waals surface area (Å²) < 4.78 is 0. The summed E-state index contributed by atoms with van der Waals surface area (Å²) in [4.78, 5) is 14.2. The lowest BCUT2D eigenvalue weighted by atomic mass is 10.2. The van der Waals surface area contributed by atoms with Crippen LogP contribution in [0.3, 0.4) is 0 Å². The Morgan fingerprint density at radius 1 is 1.29 bits per heavy atom. The van der Waals surface area contributed by atoms with Crippen LogP contribution in [0.1, 0.15) is 15.9 Å². The van der Waals surface area contributed by atoms with Gasteiger partial charge in [0, 0.05) is 17.3 Å². The number of rotatable bonds is 1. The van der Waals surface area contributed by atoms with E-state index in [-0.39, 0.29) is 10.6 Å². The summed E-state index contributed by atoms with van der Waals surface area (Å²) >= 11 is 11.3. The highest BCUT2D eigenvalue weighted by Crippen LogP contribution is 2.23. The fraction of sp³-hybridized carbons (Fsp3) is 0. The molecule has 0 saturated carbocycles. The molecule has 5 nitrogen and oxygen atoms in total. The molecule has 0 radical (unpaired) electrons. The molecule has 2 aromatic rings. The van der Waals surface area contributed by atoms with Gasteiger partial charge in [-0.15, -0.1) is 0 Å². The standard InChI is InChI=1S/C7H5ClN2O.C7H5ClO2/c8-6-1-3-9-7-5(6)2-4-10(7)11;8-6-3-1-2-5(4-6)7(9)10/h1-4,10H;1-4H,(H,9,10). The molecule has 1 aliphatic rings. The van der Waals surface area contributed by atoms with Crippen LogP contribution in [-0.2, 0) is 0 Å². The van der Waals surface area contributed by atoms with Crippen LogP contribution in [0.15, 0.2) is 42.7 Å². The number of carboxylic acids is 1. The number of pyridine rings is 1. The summed E-state index contributed by atoms with van der Waals surface area (Å²) in [5.41, 5.74) is 0.951. The first-order chi connectivity index (χ1) is 9.99. The van der Waals surface area contributed by atoms with Gasteiger partial charge in [-0.3, -0.25) is 5.06 Å². The molecule has 7 heteroatoms. The van der Waals surface area contributed by atoms with Crippen molar-refractivity contribution in [1.82, 2.24) is 4.98 Å². The van der Waals surface area contributed by atoms with E-state index in [2.05, 4.69) is 4.98 Å². The number of halogens is 2. The molecule has 3 rings (SSSR count). The predicted octanol–water partition coefficient (Wildman–Crippen LogP) is 2.77. The van der Waals surface area contributed by atoms with Crippen molar-refractivity contribution in [3.8, 4) is 0 Å². The molecule has 2 N–H and O–H groups in total. The van der Waals surface area contributed by atoms with E-state index in [0.29, 0.717) is 15.9 Å². The van der Waals surface area contributed by atoms with E-state index in [4.69, 9.17) is 28.3 Å². The van der Waals surface area contributed by atoms with Crippen molar-refractivity contribution in [2.45, 2.75) is 0 Å². The number of benzene rings is 1. The third-order valence-electron chi connectivity index (χ3n) is 2.64. The smallest absolute Gasteiger partial charge is 0.335 e. The van der Waals surface area contributed by atoms with Crippen LogP contribution in [0.2, 0.25) is 10.0 Å². The minimum absolute atomic E-state index is 0.0671. The number of hydrogen-bond donors (Lipinski definition) is 2. The zero-order valence-electron chi connectivity index (χ0n) is 10.6. The van der Waals surface area contributed by atoms with Crippen molar-refractivity contribution < 1.29 is 15.0 Å². The highest BCUT2D eigenvalue weighted by Gasteiger charge is 2.16. The fourth-order valence-corrected chi connectivity index (χ4v) is 2.06. The number of aromatic carboxylic acids is 1. The quantitative estimate of drug-likeness (QED) is 0.791. The third-order valence-corrected chi connectivity index (χ3v) is 3.21. The zero-order valence-corrected chi connectivity index (χ0v) is 12.1. The van der Waals surface area contributed by atoms with Crippen molar-refractivity contribution in [2.24, 2.45) is 0 Å². The van der Waals surface area contributed by atoms with E-state index in [0.717, 1.165) is 5.56 Å². The van der Waals surface area contributed by atoms with Gasteiger partial charge in [-0.05, 0) is 24.3 Å². The van der Waals surface area contributed by atoms with Gasteiger partial charge >= 0.3 is 5.97 Å². The van der Waals surface area contributed by atoms with Gasteiger partial charge in [-0.25, -0.2) is 9.78 Å². The van der Waals surface area contributed by atoms with Crippen LogP contribution >= 0.6 is 23.2 Å². The van der Waals surface area contributed by atoms with Crippen LogP contribution in [0.5, 0.6) is 0 Å². The van der Waals surface area contributed by atoms with Gasteiger partial charge in [0.15, 0.2) is 0 Å². The van der Waals surface area contributed by atoms with E-state index >= 15 is 0 Å². The maximum atomic E-state index is 11.0. The van der Waals surface area contributed by atoms with Gasteiger partial charge in [-0.1, -0.05) is 29.3 Å². The molecule has 0 aliphatic carbocycles. The molecular weight excluding hydrogens is 315 g/mol. The highest BCUT2D eigenvalue weighted by atomic mass is 35.5. The zero-order chi connectivity index (χ0) is 15.4. The molecule has 21 heavy (non-hydrogen) atoms. The lowest BCUT2D eigenvalue weighted by molar-refractivity contribution is -0.713. The van der Waals surface area contributed by atoms with Crippen LogP contribution in [0, 0.1) is 5.21 Å². The largest absolute Gasteiger partial charge is 0.623 e. The molecule has 0 fully saturated rings. The normalized spacial score (nSPS) is 15.1. The van der Waals surface area contributed by atoms with Crippen molar-refractivity contribution in [3.05, 3.63) is 69.1 Å². The lowest BCUT2D eigenvalue weighted by Crippen LogP contribution is -2.96. The Labute approximate surface area is 130 Å². The SMILES string of the molecule is O=C(O)c1cccc(Cl)c1.[O-][NH+]1C=Cc2c(Cl)ccnc21. The Morgan fingerprint density at radius 3 is 2.62 bits per heavy atom. The summed E-state index contributed by atoms with van der Waals surface area (Å²) in [6.45, 7) is 0. The molecule has 1 aromatic heterocycles. The minimum atomic E-state index is -0.956. The Morgan fingerprint density at radius 2 is 2.05 bits per heavy atom. The Hall–Kier alpha value is -1.92. The number of nitrogens with one attached hydrogen (secondary N) is 1. The topological polar surface area (TPSA) is 77.7 Å². The highest BCUT2D eigenvalue weighted by molar-refractivity contribution is 6.32. The Kier molecular flexibility index (Phi) is 4.93. The molecule has 1 aliphatic heterocycles. The average Bonchev–Trinajstić information content (AvgIpc) is 2.83. The predicted molar refractivity (Wildman–Crippen MR) is 80.7 cm³/mol. The molecular formula is C14H10Cl2N2O3. The van der Waals surface area contributed by atoms with Crippen LogP contribution in [0.25, 0.3) is 6.08 Å². The summed E-state index contributed by atoms with van der Waals surface area (Å²) in [5, 5.41) is 20.4. The molecule has 0 spiro atoms. The van der Waals surface area contributed by atoms with Crippen molar-refractivity contribution in [3.63, 3.8) is 0 Å². The maximum absolute atomic E-state index is 11.0. The number of quaternary nitrogens is 1. The molecule has 0 amide bonds. The molecule has 1 aromatic carbocycles. The number of nitrogens with zero attached hydrogens (tertiary/aromatic N) is 1. The van der Waals surface area contributed by atoms with E-state index < -0.39 is 5.97 Å². The van der Waals surface area contributed by atoms with Crippen molar-refractivity contribution >= 4 is 41.1 Å². The molecule has 1 unspecified atom stereocenters. The first kappa shape index (κ1) is 15.5. The summed E-state index contributed by atoms with van der Waals surface area (Å²) in [5.74, 6) is -0.500. The number of carboxylic acid groups (broad SMARTS) is 1. The monoisotopic (exact) mass is 324 g/mol. The second-order valence-corrected chi connectivity index (χ2v) is 4.91. The number of carbonyl (C=O) groups is 1. The molecule has 0 saturated heterocycles. The van der Waals surface area contributed by atoms with E-state index in [1.807, 2.05) is 0 Å². The van der Waals surface area contributed by atoms with Gasteiger partial charge in [0.05, 0.1) is 16.1 Å². The fourth-order valence-electron chi connectivity index (χ4n) is 1.66. The third kappa shape index (κ3) is 3.80. The van der Waals surface area contributed by atoms with Gasteiger partial charge in [0.25, 0.3) is 0 Å². The van der Waals surface area contributed by atoms with Crippen molar-refractivity contribution in [1.29, 1.82) is 0 Å². The maximum Gasteiger partial charge on any atom is 0.335 e. The molecule has 1 atom stereocenters. The Bertz CT molecular complexity index is 704. The first-order valence-corrected chi connectivity index (χ1v) is 6.60. The Balaban J connectivity index is 0.000000155. The van der Waals surface area contributed by atoms with Gasteiger partial charge in [0.2, 0.25) is 5.82 Å². The number of hydrogen-bond acceptors (Lipinski definition) is 3. The van der Waals surface area contributed by atoms with Crippen LogP contribution < -0.4 is 5.06 Å². The van der Waals surface area contributed by atoms with Gasteiger partial charge < -0.3 is 10.3 Å². The van der Waals surface area contributed by atoms with Gasteiger partial charge in [0.1, 0.15) is 6.20 Å². The van der Waals surface area contributed by atoms with E-state index in [9.17, 15) is 10.0 Å². The average molecular weight is 325 g/mol. The summed E-state index contributed by atoms with van der Waals surface area (Å²) in [6.07, 6.45) is 4.70. The minimum Gasteiger partial charge on any atom is -0.623 e. The number of hydroxylamine groups is 1. The number of aromatic nitrogens is 1. The molecule has 0 bridgehead atoms. The van der Waals surface area contributed by atoms with Gasteiger partial charge in [-0.2, -0.15) is 0 Å². The second-order valence-electron chi connectivity index (χ2n) is 4.07. The van der Waals surface area contributed by atoms with Crippen LogP contribution in [-0.4, -0.2) is 16.1 Å². The van der Waals surface area contributed by atoms with E-state index in [1.54, 1.807) is 24.3 Å². The summed E-state index contributed by atoms with van der Waals surface area (Å²) in [6, 6.07) is 7.81. The summed E-state index contributed by atoms with van der Waals surface area (Å²) in [7, 11) is 0. The van der Waals surface area contributed by atoms with Crippen molar-refractivity contribution in [2.75, 3.05) is 0 Å². The number of fused-ring (bicyclic) bond motifs is 1. The first-order valence-electron chi connectivity index (χ1n) is 5.85. The lowest BCUT2D eigenvalue weighted by Gasteiger charge is -2.11. The molecule has 2 heterocycles. The molecule has 108 valence electrons.